The van der Waals surface area contributed by atoms with E-state index in [0.717, 1.165) is 12.1 Å². The molecule has 5 heteroatoms. The highest BCUT2D eigenvalue weighted by atomic mass is 19.1. The minimum absolute atomic E-state index is 0.271. The maximum atomic E-state index is 13.8. The fraction of sp³-hybridized carbons (Fsp3) is 0.368. The lowest BCUT2D eigenvalue weighted by atomic mass is 9.81. The zero-order chi connectivity index (χ0) is 17.0. The van der Waals surface area contributed by atoms with Crippen LogP contribution in [-0.4, -0.2) is 38.0 Å². The number of methoxy groups -OCH3 is 1. The lowest BCUT2D eigenvalue weighted by Gasteiger charge is -2.39. The maximum absolute atomic E-state index is 13.8. The van der Waals surface area contributed by atoms with Crippen LogP contribution in [0.2, 0.25) is 0 Å². The Morgan fingerprint density at radius 2 is 2.12 bits per heavy atom. The van der Waals surface area contributed by atoms with Crippen molar-refractivity contribution in [3.8, 4) is 5.75 Å². The molecule has 0 amide bonds. The van der Waals surface area contributed by atoms with Crippen LogP contribution in [0.3, 0.4) is 0 Å². The summed E-state index contributed by atoms with van der Waals surface area (Å²) in [5.41, 5.74) is -0.00695. The van der Waals surface area contributed by atoms with Gasteiger partial charge < -0.3 is 19.9 Å². The second kappa shape index (κ2) is 7.30. The molecule has 24 heavy (non-hydrogen) atoms. The van der Waals surface area contributed by atoms with Gasteiger partial charge in [0.05, 0.1) is 13.7 Å². The van der Waals surface area contributed by atoms with Crippen molar-refractivity contribution >= 4 is 0 Å². The summed E-state index contributed by atoms with van der Waals surface area (Å²) >= 11 is 0. The van der Waals surface area contributed by atoms with Crippen molar-refractivity contribution < 1.29 is 19.0 Å². The molecule has 0 radical (unpaired) electrons. The van der Waals surface area contributed by atoms with E-state index in [-0.39, 0.29) is 12.2 Å². The quantitative estimate of drug-likeness (QED) is 0.882. The molecule has 0 spiro atoms. The summed E-state index contributed by atoms with van der Waals surface area (Å²) in [5, 5.41) is 14.7. The SMILES string of the molecule is COc1ccccc1C[C@@](O)(c1cccc(F)c1)C1CNCCO1. The Hall–Kier alpha value is -1.95. The van der Waals surface area contributed by atoms with Crippen LogP contribution in [0.1, 0.15) is 11.1 Å². The van der Waals surface area contributed by atoms with Crippen molar-refractivity contribution in [1.82, 2.24) is 5.32 Å². The van der Waals surface area contributed by atoms with Gasteiger partial charge in [0.15, 0.2) is 0 Å². The number of para-hydroxylation sites is 1. The van der Waals surface area contributed by atoms with Gasteiger partial charge in [0, 0.05) is 19.5 Å². The largest absolute Gasteiger partial charge is 0.496 e. The number of nitrogens with one attached hydrogen (secondary N) is 1. The summed E-state index contributed by atoms with van der Waals surface area (Å²) in [6, 6.07) is 13.6. The van der Waals surface area contributed by atoms with Gasteiger partial charge >= 0.3 is 0 Å². The number of hydrogen-bond acceptors (Lipinski definition) is 4. The lowest BCUT2D eigenvalue weighted by Crippen LogP contribution is -2.52. The standard InChI is InChI=1S/C19H22FNO3/c1-23-17-8-3-2-5-14(17)12-19(22,18-13-21-9-10-24-18)15-6-4-7-16(20)11-15/h2-8,11,18,21-22H,9-10,12-13H2,1H3/t18?,19-/m1/s1. The van der Waals surface area contributed by atoms with Crippen molar-refractivity contribution in [2.24, 2.45) is 0 Å². The van der Waals surface area contributed by atoms with Crippen molar-refractivity contribution in [3.63, 3.8) is 0 Å². The molecule has 3 rings (SSSR count). The third kappa shape index (κ3) is 3.43. The molecule has 2 N–H and O–H groups in total. The van der Waals surface area contributed by atoms with Gasteiger partial charge in [-0.3, -0.25) is 0 Å². The molecule has 1 saturated heterocycles. The second-order valence-electron chi connectivity index (χ2n) is 5.99. The van der Waals surface area contributed by atoms with Crippen molar-refractivity contribution in [1.29, 1.82) is 0 Å². The van der Waals surface area contributed by atoms with E-state index >= 15 is 0 Å². The fourth-order valence-corrected chi connectivity index (χ4v) is 3.17. The van der Waals surface area contributed by atoms with Gasteiger partial charge in [0.25, 0.3) is 0 Å². The third-order valence-electron chi connectivity index (χ3n) is 4.44. The highest BCUT2D eigenvalue weighted by molar-refractivity contribution is 5.37. The molecule has 0 aromatic heterocycles. The number of ether oxygens (including phenoxy) is 2. The van der Waals surface area contributed by atoms with E-state index < -0.39 is 11.7 Å². The zero-order valence-corrected chi connectivity index (χ0v) is 13.7. The minimum Gasteiger partial charge on any atom is -0.496 e. The molecule has 1 heterocycles. The van der Waals surface area contributed by atoms with Crippen molar-refractivity contribution in [3.05, 3.63) is 65.5 Å². The molecule has 0 saturated carbocycles. The first-order valence-corrected chi connectivity index (χ1v) is 8.06. The van der Waals surface area contributed by atoms with Gasteiger partial charge in [-0.1, -0.05) is 30.3 Å². The first kappa shape index (κ1) is 16.9. The average molecular weight is 331 g/mol. The van der Waals surface area contributed by atoms with Gasteiger partial charge in [-0.25, -0.2) is 4.39 Å². The van der Waals surface area contributed by atoms with Crippen LogP contribution in [0, 0.1) is 5.82 Å². The number of hydrogen-bond donors (Lipinski definition) is 2. The monoisotopic (exact) mass is 331 g/mol. The van der Waals surface area contributed by atoms with Gasteiger partial charge in [0.1, 0.15) is 23.3 Å². The molecule has 128 valence electrons. The molecular formula is C19H22FNO3. The number of morpholine rings is 1. The molecule has 2 aromatic carbocycles. The second-order valence-corrected chi connectivity index (χ2v) is 5.99. The van der Waals surface area contributed by atoms with Gasteiger partial charge in [-0.2, -0.15) is 0 Å². The molecule has 1 unspecified atom stereocenters. The summed E-state index contributed by atoms with van der Waals surface area (Å²) < 4.78 is 25.0. The third-order valence-corrected chi connectivity index (χ3v) is 4.44. The normalized spacial score (nSPS) is 20.4. The number of benzene rings is 2. The number of aliphatic hydroxyl groups is 1. The molecule has 1 aliphatic heterocycles. The summed E-state index contributed by atoms with van der Waals surface area (Å²) in [4.78, 5) is 0. The van der Waals surface area contributed by atoms with Crippen LogP contribution in [0.25, 0.3) is 0 Å². The van der Waals surface area contributed by atoms with Crippen LogP contribution < -0.4 is 10.1 Å². The predicted molar refractivity (Wildman–Crippen MR) is 89.6 cm³/mol. The van der Waals surface area contributed by atoms with Crippen LogP contribution in [-0.2, 0) is 16.8 Å². The van der Waals surface area contributed by atoms with Crippen molar-refractivity contribution in [2.45, 2.75) is 18.1 Å². The Morgan fingerprint density at radius 1 is 1.29 bits per heavy atom. The Labute approximate surface area is 141 Å². The minimum atomic E-state index is -1.36. The fourth-order valence-electron chi connectivity index (χ4n) is 3.17. The Kier molecular flexibility index (Phi) is 5.14. The number of halogens is 1. The van der Waals surface area contributed by atoms with Crippen LogP contribution in [0.5, 0.6) is 5.75 Å². The molecule has 0 bridgehead atoms. The molecule has 4 nitrogen and oxygen atoms in total. The molecule has 1 aliphatic rings. The maximum Gasteiger partial charge on any atom is 0.123 e. The Balaban J connectivity index is 2.01. The van der Waals surface area contributed by atoms with Crippen LogP contribution in [0.15, 0.2) is 48.5 Å². The van der Waals surface area contributed by atoms with E-state index in [2.05, 4.69) is 5.32 Å². The first-order chi connectivity index (χ1) is 11.6. The summed E-state index contributed by atoms with van der Waals surface area (Å²) in [7, 11) is 1.60. The van der Waals surface area contributed by atoms with Crippen LogP contribution in [0.4, 0.5) is 4.39 Å². The highest BCUT2D eigenvalue weighted by Gasteiger charge is 2.41. The average Bonchev–Trinajstić information content (AvgIpc) is 2.63. The summed E-state index contributed by atoms with van der Waals surface area (Å²) in [6.45, 7) is 1.75. The van der Waals surface area contributed by atoms with Gasteiger partial charge in [0.2, 0.25) is 0 Å². The van der Waals surface area contributed by atoms with E-state index in [9.17, 15) is 9.50 Å². The smallest absolute Gasteiger partial charge is 0.123 e. The zero-order valence-electron chi connectivity index (χ0n) is 13.7. The van der Waals surface area contributed by atoms with E-state index in [4.69, 9.17) is 9.47 Å². The topological polar surface area (TPSA) is 50.7 Å². The van der Waals surface area contributed by atoms with E-state index in [1.54, 1.807) is 19.2 Å². The molecular weight excluding hydrogens is 309 g/mol. The molecule has 2 aromatic rings. The summed E-state index contributed by atoms with van der Waals surface area (Å²) in [6.07, 6.45) is -0.203. The molecule has 1 fully saturated rings. The van der Waals surface area contributed by atoms with Crippen molar-refractivity contribution in [2.75, 3.05) is 26.8 Å². The highest BCUT2D eigenvalue weighted by Crippen LogP contribution is 2.35. The van der Waals surface area contributed by atoms with Gasteiger partial charge in [-0.15, -0.1) is 0 Å². The predicted octanol–water partition coefficient (Wildman–Crippen LogP) is 2.25. The van der Waals surface area contributed by atoms with E-state index in [1.165, 1.54) is 12.1 Å². The van der Waals surface area contributed by atoms with Gasteiger partial charge in [-0.05, 0) is 29.3 Å². The number of rotatable bonds is 5. The van der Waals surface area contributed by atoms with Crippen LogP contribution >= 0.6 is 0 Å². The van der Waals surface area contributed by atoms with E-state index in [1.807, 2.05) is 24.3 Å². The molecule has 0 aliphatic carbocycles. The Bertz CT molecular complexity index is 688. The molecule has 2 atom stereocenters. The van der Waals surface area contributed by atoms with E-state index in [0.29, 0.717) is 24.5 Å². The first-order valence-electron chi connectivity index (χ1n) is 8.06. The Morgan fingerprint density at radius 3 is 2.83 bits per heavy atom. The lowest BCUT2D eigenvalue weighted by molar-refractivity contribution is -0.124. The summed E-state index contributed by atoms with van der Waals surface area (Å²) in [5.74, 6) is 0.311.